The normalized spacial score (nSPS) is 12.5. The Labute approximate surface area is 104 Å². The van der Waals surface area contributed by atoms with Gasteiger partial charge in [0.1, 0.15) is 5.82 Å². The molecule has 0 radical (unpaired) electrons. The van der Waals surface area contributed by atoms with Crippen LogP contribution in [0.2, 0.25) is 0 Å². The molecule has 0 fully saturated rings. The fourth-order valence-corrected chi connectivity index (χ4v) is 1.82. The maximum atomic E-state index is 9.13. The van der Waals surface area contributed by atoms with Gasteiger partial charge in [-0.3, -0.25) is 0 Å². The molecule has 0 saturated carbocycles. The zero-order valence-corrected chi connectivity index (χ0v) is 11.2. The number of anilines is 1. The van der Waals surface area contributed by atoms with Crippen LogP contribution in [0.1, 0.15) is 45.7 Å². The Kier molecular flexibility index (Phi) is 5.98. The summed E-state index contributed by atoms with van der Waals surface area (Å²) in [5.41, 5.74) is 0.743. The summed E-state index contributed by atoms with van der Waals surface area (Å²) in [6.07, 6.45) is 3.47. The van der Waals surface area contributed by atoms with Crippen LogP contribution in [0.4, 0.5) is 5.82 Å². The van der Waals surface area contributed by atoms with Crippen LogP contribution in [-0.4, -0.2) is 22.7 Å². The molecule has 0 amide bonds. The molecule has 1 atom stereocenters. The summed E-state index contributed by atoms with van der Waals surface area (Å²) in [5.74, 6) is 0.986. The molecule has 3 nitrogen and oxygen atoms in total. The molecule has 1 aromatic rings. The fourth-order valence-electron chi connectivity index (χ4n) is 1.82. The number of hydrogen-bond donors (Lipinski definition) is 1. The van der Waals surface area contributed by atoms with Crippen molar-refractivity contribution < 1.29 is 5.11 Å². The first-order valence-electron chi connectivity index (χ1n) is 6.56. The number of unbranched alkanes of at least 4 members (excludes halogenated alkanes) is 1. The second-order valence-corrected chi connectivity index (χ2v) is 4.45. The van der Waals surface area contributed by atoms with Crippen molar-refractivity contribution in [3.05, 3.63) is 23.9 Å². The van der Waals surface area contributed by atoms with Gasteiger partial charge < -0.3 is 10.0 Å². The number of aromatic nitrogens is 1. The lowest BCUT2D eigenvalue weighted by atomic mass is 10.2. The maximum absolute atomic E-state index is 9.13. The average Bonchev–Trinajstić information content (AvgIpc) is 2.39. The number of rotatable bonds is 7. The summed E-state index contributed by atoms with van der Waals surface area (Å²) < 4.78 is 0. The van der Waals surface area contributed by atoms with E-state index >= 15 is 0 Å². The standard InChI is InChI=1S/C14H24N2O/c1-4-6-10-16(12(3)5-2)14-9-7-8-13(11-17)15-14/h7-9,12,17H,4-6,10-11H2,1-3H3. The second-order valence-electron chi connectivity index (χ2n) is 4.45. The van der Waals surface area contributed by atoms with Gasteiger partial charge in [0.25, 0.3) is 0 Å². The molecule has 17 heavy (non-hydrogen) atoms. The summed E-state index contributed by atoms with van der Waals surface area (Å²) in [7, 11) is 0. The number of pyridine rings is 1. The molecule has 0 aliphatic heterocycles. The highest BCUT2D eigenvalue weighted by atomic mass is 16.3. The van der Waals surface area contributed by atoms with Gasteiger partial charge in [-0.1, -0.05) is 26.3 Å². The Morgan fingerprint density at radius 1 is 1.35 bits per heavy atom. The molecule has 1 aromatic heterocycles. The van der Waals surface area contributed by atoms with E-state index in [0.717, 1.165) is 24.5 Å². The van der Waals surface area contributed by atoms with E-state index in [2.05, 4.69) is 30.7 Å². The highest BCUT2D eigenvalue weighted by Crippen LogP contribution is 2.17. The third-order valence-electron chi connectivity index (χ3n) is 3.12. The van der Waals surface area contributed by atoms with E-state index in [1.54, 1.807) is 0 Å². The molecule has 1 rings (SSSR count). The van der Waals surface area contributed by atoms with E-state index in [-0.39, 0.29) is 6.61 Å². The zero-order chi connectivity index (χ0) is 12.7. The van der Waals surface area contributed by atoms with Crippen LogP contribution in [0.3, 0.4) is 0 Å². The van der Waals surface area contributed by atoms with Gasteiger partial charge in [-0.25, -0.2) is 4.98 Å². The number of aliphatic hydroxyl groups excluding tert-OH is 1. The molecule has 0 spiro atoms. The average molecular weight is 236 g/mol. The molecule has 0 bridgehead atoms. The topological polar surface area (TPSA) is 36.4 Å². The Bertz CT molecular complexity index is 328. The summed E-state index contributed by atoms with van der Waals surface area (Å²) in [4.78, 5) is 6.83. The first-order chi connectivity index (χ1) is 8.22. The molecule has 0 aliphatic carbocycles. The van der Waals surface area contributed by atoms with Crippen LogP contribution in [0.25, 0.3) is 0 Å². The van der Waals surface area contributed by atoms with E-state index in [4.69, 9.17) is 5.11 Å². The summed E-state index contributed by atoms with van der Waals surface area (Å²) in [6, 6.07) is 6.34. The number of hydrogen-bond acceptors (Lipinski definition) is 3. The minimum absolute atomic E-state index is 0.00988. The summed E-state index contributed by atoms with van der Waals surface area (Å²) >= 11 is 0. The lowest BCUT2D eigenvalue weighted by molar-refractivity contribution is 0.277. The van der Waals surface area contributed by atoms with Crippen molar-refractivity contribution in [2.24, 2.45) is 0 Å². The van der Waals surface area contributed by atoms with Gasteiger partial charge in [0.2, 0.25) is 0 Å². The van der Waals surface area contributed by atoms with Crippen LogP contribution in [0.5, 0.6) is 0 Å². The van der Waals surface area contributed by atoms with Crippen molar-refractivity contribution in [3.63, 3.8) is 0 Å². The van der Waals surface area contributed by atoms with E-state index in [9.17, 15) is 0 Å². The van der Waals surface area contributed by atoms with E-state index < -0.39 is 0 Å². The number of nitrogens with zero attached hydrogens (tertiary/aromatic N) is 2. The molecule has 1 heterocycles. The van der Waals surface area contributed by atoms with Crippen LogP contribution in [0, 0.1) is 0 Å². The van der Waals surface area contributed by atoms with Crippen LogP contribution < -0.4 is 4.90 Å². The van der Waals surface area contributed by atoms with Gasteiger partial charge in [0.15, 0.2) is 0 Å². The molecule has 1 N–H and O–H groups in total. The largest absolute Gasteiger partial charge is 0.390 e. The third-order valence-corrected chi connectivity index (χ3v) is 3.12. The Balaban J connectivity index is 2.86. The molecule has 3 heteroatoms. The van der Waals surface area contributed by atoms with Crippen molar-refractivity contribution in [2.45, 2.75) is 52.7 Å². The predicted molar refractivity (Wildman–Crippen MR) is 72.2 cm³/mol. The molecular weight excluding hydrogens is 212 g/mol. The third kappa shape index (κ3) is 4.00. The number of aliphatic hydroxyl groups is 1. The molecule has 0 aromatic carbocycles. The Hall–Kier alpha value is -1.09. The second kappa shape index (κ2) is 7.28. The van der Waals surface area contributed by atoms with Gasteiger partial charge in [-0.2, -0.15) is 0 Å². The lowest BCUT2D eigenvalue weighted by Gasteiger charge is -2.30. The van der Waals surface area contributed by atoms with Gasteiger partial charge in [-0.05, 0) is 31.9 Å². The van der Waals surface area contributed by atoms with Crippen molar-refractivity contribution in [3.8, 4) is 0 Å². The monoisotopic (exact) mass is 236 g/mol. The van der Waals surface area contributed by atoms with Crippen molar-refractivity contribution in [2.75, 3.05) is 11.4 Å². The minimum atomic E-state index is 0.00988. The van der Waals surface area contributed by atoms with Gasteiger partial charge in [0, 0.05) is 12.6 Å². The molecule has 96 valence electrons. The summed E-state index contributed by atoms with van der Waals surface area (Å²) in [5, 5.41) is 9.13. The van der Waals surface area contributed by atoms with Crippen LogP contribution in [-0.2, 0) is 6.61 Å². The lowest BCUT2D eigenvalue weighted by Crippen LogP contribution is -2.34. The van der Waals surface area contributed by atoms with Crippen molar-refractivity contribution >= 4 is 5.82 Å². The van der Waals surface area contributed by atoms with Crippen molar-refractivity contribution in [1.29, 1.82) is 0 Å². The first-order valence-corrected chi connectivity index (χ1v) is 6.56. The quantitative estimate of drug-likeness (QED) is 0.790. The molecular formula is C14H24N2O. The van der Waals surface area contributed by atoms with Crippen LogP contribution in [0.15, 0.2) is 18.2 Å². The van der Waals surface area contributed by atoms with Gasteiger partial charge >= 0.3 is 0 Å². The van der Waals surface area contributed by atoms with Crippen LogP contribution >= 0.6 is 0 Å². The molecule has 0 saturated heterocycles. The van der Waals surface area contributed by atoms with Crippen molar-refractivity contribution in [1.82, 2.24) is 4.98 Å². The van der Waals surface area contributed by atoms with E-state index in [1.165, 1.54) is 12.8 Å². The highest BCUT2D eigenvalue weighted by Gasteiger charge is 2.13. The zero-order valence-electron chi connectivity index (χ0n) is 11.2. The van der Waals surface area contributed by atoms with Gasteiger partial charge in [0.05, 0.1) is 12.3 Å². The highest BCUT2D eigenvalue weighted by molar-refractivity contribution is 5.40. The minimum Gasteiger partial charge on any atom is -0.390 e. The molecule has 1 unspecified atom stereocenters. The summed E-state index contributed by atoms with van der Waals surface area (Å²) in [6.45, 7) is 7.66. The first kappa shape index (κ1) is 14.0. The molecule has 0 aliphatic rings. The fraction of sp³-hybridized carbons (Fsp3) is 0.643. The Morgan fingerprint density at radius 3 is 2.71 bits per heavy atom. The smallest absolute Gasteiger partial charge is 0.129 e. The van der Waals surface area contributed by atoms with Gasteiger partial charge in [-0.15, -0.1) is 0 Å². The predicted octanol–water partition coefficient (Wildman–Crippen LogP) is 2.98. The SMILES string of the molecule is CCCCN(c1cccc(CO)n1)C(C)CC. The van der Waals surface area contributed by atoms with E-state index in [0.29, 0.717) is 6.04 Å². The van der Waals surface area contributed by atoms with E-state index in [1.807, 2.05) is 18.2 Å². The maximum Gasteiger partial charge on any atom is 0.129 e. The Morgan fingerprint density at radius 2 is 2.12 bits per heavy atom.